The normalized spacial score (nSPS) is 22.5. The average molecular weight is 256 g/mol. The van der Waals surface area contributed by atoms with Crippen molar-refractivity contribution in [2.24, 2.45) is 0 Å². The van der Waals surface area contributed by atoms with Crippen molar-refractivity contribution < 1.29 is 14.3 Å². The van der Waals surface area contributed by atoms with E-state index in [2.05, 4.69) is 5.32 Å². The molecule has 1 aliphatic rings. The smallest absolute Gasteiger partial charge is 0.252 e. The Kier molecular flexibility index (Phi) is 5.12. The predicted molar refractivity (Wildman–Crippen MR) is 58.5 cm³/mol. The molecule has 1 fully saturated rings. The summed E-state index contributed by atoms with van der Waals surface area (Å²) in [5.74, 6) is 0.296. The Balaban J connectivity index is 2.46. The molecule has 1 amide bonds. The minimum absolute atomic E-state index is 0.224. The summed E-state index contributed by atoms with van der Waals surface area (Å²) in [6.07, 6.45) is -0.551. The van der Waals surface area contributed by atoms with E-state index in [1.165, 1.54) is 0 Å². The molecular formula is C9H15Cl2NO3. The second kappa shape index (κ2) is 5.89. The Hall–Kier alpha value is -0.0300. The van der Waals surface area contributed by atoms with E-state index in [1.54, 1.807) is 6.92 Å². The Morgan fingerprint density at radius 1 is 1.47 bits per heavy atom. The molecule has 15 heavy (non-hydrogen) atoms. The molecule has 1 atom stereocenters. The van der Waals surface area contributed by atoms with Crippen molar-refractivity contribution in [3.63, 3.8) is 0 Å². The lowest BCUT2D eigenvalue weighted by Gasteiger charge is -2.29. The van der Waals surface area contributed by atoms with Crippen LogP contribution in [0.15, 0.2) is 0 Å². The lowest BCUT2D eigenvalue weighted by molar-refractivity contribution is -0.148. The number of nitrogens with one attached hydrogen (secondary N) is 1. The van der Waals surface area contributed by atoms with Gasteiger partial charge in [0.05, 0.1) is 25.4 Å². The van der Waals surface area contributed by atoms with Gasteiger partial charge in [0.15, 0.2) is 6.10 Å². The van der Waals surface area contributed by atoms with E-state index >= 15 is 0 Å². The van der Waals surface area contributed by atoms with Crippen molar-refractivity contribution in [3.8, 4) is 0 Å². The Labute approximate surface area is 99.2 Å². The van der Waals surface area contributed by atoms with Gasteiger partial charge >= 0.3 is 0 Å². The van der Waals surface area contributed by atoms with Crippen molar-refractivity contribution in [1.82, 2.24) is 5.32 Å². The first-order valence-electron chi connectivity index (χ1n) is 4.74. The lowest BCUT2D eigenvalue weighted by atomic mass is 10.1. The SMILES string of the molecule is CC(CCl)(CCl)NC(=O)C1COCCO1. The Morgan fingerprint density at radius 2 is 2.13 bits per heavy atom. The zero-order valence-corrected chi connectivity index (χ0v) is 10.1. The molecule has 0 bridgehead atoms. The number of alkyl halides is 2. The predicted octanol–water partition coefficient (Wildman–Crippen LogP) is 0.754. The first-order chi connectivity index (χ1) is 7.11. The molecule has 88 valence electrons. The minimum Gasteiger partial charge on any atom is -0.376 e. The molecule has 1 heterocycles. The standard InChI is InChI=1S/C9H15Cl2NO3/c1-9(5-10,6-11)12-8(13)7-4-14-2-3-15-7/h7H,2-6H2,1H3,(H,12,13). The fourth-order valence-electron chi connectivity index (χ4n) is 1.12. The third-order valence-corrected chi connectivity index (χ3v) is 3.30. The highest BCUT2D eigenvalue weighted by Gasteiger charge is 2.30. The Morgan fingerprint density at radius 3 is 2.60 bits per heavy atom. The Bertz CT molecular complexity index is 215. The van der Waals surface area contributed by atoms with Crippen LogP contribution in [0.4, 0.5) is 0 Å². The third kappa shape index (κ3) is 3.79. The van der Waals surface area contributed by atoms with Crippen LogP contribution in [0.1, 0.15) is 6.92 Å². The van der Waals surface area contributed by atoms with E-state index in [0.717, 1.165) is 0 Å². The molecule has 1 saturated heterocycles. The van der Waals surface area contributed by atoms with E-state index in [-0.39, 0.29) is 24.3 Å². The molecule has 0 aliphatic carbocycles. The second-order valence-electron chi connectivity index (χ2n) is 3.75. The summed E-state index contributed by atoms with van der Waals surface area (Å²) in [6, 6.07) is 0. The number of amides is 1. The van der Waals surface area contributed by atoms with E-state index in [9.17, 15) is 4.79 Å². The number of halogens is 2. The van der Waals surface area contributed by atoms with Crippen LogP contribution in [0.2, 0.25) is 0 Å². The zero-order chi connectivity index (χ0) is 11.3. The lowest BCUT2D eigenvalue weighted by Crippen LogP contribution is -2.54. The summed E-state index contributed by atoms with van der Waals surface area (Å²) in [7, 11) is 0. The van der Waals surface area contributed by atoms with E-state index in [4.69, 9.17) is 32.7 Å². The molecule has 0 aromatic carbocycles. The largest absolute Gasteiger partial charge is 0.376 e. The minimum atomic E-state index is -0.596. The molecule has 4 nitrogen and oxygen atoms in total. The van der Waals surface area contributed by atoms with Crippen LogP contribution in [-0.4, -0.2) is 49.1 Å². The van der Waals surface area contributed by atoms with Crippen LogP contribution in [0.3, 0.4) is 0 Å². The van der Waals surface area contributed by atoms with Gasteiger partial charge in [0.2, 0.25) is 0 Å². The zero-order valence-electron chi connectivity index (χ0n) is 8.59. The number of rotatable bonds is 4. The molecule has 0 saturated carbocycles. The molecule has 1 aliphatic heterocycles. The highest BCUT2D eigenvalue weighted by molar-refractivity contribution is 6.22. The molecule has 6 heteroatoms. The highest BCUT2D eigenvalue weighted by Crippen LogP contribution is 2.10. The summed E-state index contributed by atoms with van der Waals surface area (Å²) in [5, 5.41) is 2.75. The van der Waals surface area contributed by atoms with Crippen molar-refractivity contribution in [2.75, 3.05) is 31.6 Å². The van der Waals surface area contributed by atoms with Gasteiger partial charge in [-0.25, -0.2) is 0 Å². The van der Waals surface area contributed by atoms with Crippen molar-refractivity contribution in [2.45, 2.75) is 18.6 Å². The third-order valence-electron chi connectivity index (χ3n) is 2.12. The van der Waals surface area contributed by atoms with E-state index in [1.807, 2.05) is 0 Å². The van der Waals surface area contributed by atoms with Gasteiger partial charge in [0.1, 0.15) is 0 Å². The molecule has 1 N–H and O–H groups in total. The fourth-order valence-corrected chi connectivity index (χ4v) is 1.54. The number of carbonyl (C=O) groups excluding carboxylic acids is 1. The van der Waals surface area contributed by atoms with Crippen LogP contribution in [0.5, 0.6) is 0 Å². The first kappa shape index (κ1) is 13.0. The van der Waals surface area contributed by atoms with Crippen LogP contribution >= 0.6 is 23.2 Å². The summed E-state index contributed by atoms with van der Waals surface area (Å²) in [5.41, 5.74) is -0.596. The van der Waals surface area contributed by atoms with Gasteiger partial charge in [-0.15, -0.1) is 23.2 Å². The second-order valence-corrected chi connectivity index (χ2v) is 4.29. The van der Waals surface area contributed by atoms with Gasteiger partial charge in [-0.2, -0.15) is 0 Å². The van der Waals surface area contributed by atoms with Crippen LogP contribution in [-0.2, 0) is 14.3 Å². The molecule has 0 aromatic heterocycles. The van der Waals surface area contributed by atoms with Gasteiger partial charge in [-0.05, 0) is 6.92 Å². The van der Waals surface area contributed by atoms with Gasteiger partial charge in [0.25, 0.3) is 5.91 Å². The maximum absolute atomic E-state index is 11.7. The highest BCUT2D eigenvalue weighted by atomic mass is 35.5. The molecule has 0 aromatic rings. The maximum Gasteiger partial charge on any atom is 0.252 e. The summed E-state index contributed by atoms with van der Waals surface area (Å²) >= 11 is 11.4. The topological polar surface area (TPSA) is 47.6 Å². The van der Waals surface area contributed by atoms with Gasteiger partial charge in [-0.1, -0.05) is 0 Å². The summed E-state index contributed by atoms with van der Waals surface area (Å²) < 4.78 is 10.4. The number of hydrogen-bond acceptors (Lipinski definition) is 3. The maximum atomic E-state index is 11.7. The van der Waals surface area contributed by atoms with Crippen molar-refractivity contribution >= 4 is 29.1 Å². The van der Waals surface area contributed by atoms with E-state index in [0.29, 0.717) is 13.2 Å². The van der Waals surface area contributed by atoms with Crippen LogP contribution in [0, 0.1) is 0 Å². The molecule has 1 rings (SSSR count). The quantitative estimate of drug-likeness (QED) is 0.755. The summed E-state index contributed by atoms with van der Waals surface area (Å²) in [4.78, 5) is 11.7. The number of ether oxygens (including phenoxy) is 2. The molecule has 1 unspecified atom stereocenters. The van der Waals surface area contributed by atoms with Crippen molar-refractivity contribution in [3.05, 3.63) is 0 Å². The molecule has 0 radical (unpaired) electrons. The monoisotopic (exact) mass is 255 g/mol. The molecule has 0 spiro atoms. The molecular weight excluding hydrogens is 241 g/mol. The van der Waals surface area contributed by atoms with Gasteiger partial charge in [0, 0.05) is 11.8 Å². The fraction of sp³-hybridized carbons (Fsp3) is 0.889. The number of hydrogen-bond donors (Lipinski definition) is 1. The number of carbonyl (C=O) groups is 1. The average Bonchev–Trinajstić information content (AvgIpc) is 2.30. The van der Waals surface area contributed by atoms with Crippen molar-refractivity contribution in [1.29, 1.82) is 0 Å². The van der Waals surface area contributed by atoms with Crippen LogP contribution in [0.25, 0.3) is 0 Å². The van der Waals surface area contributed by atoms with E-state index < -0.39 is 11.6 Å². The van der Waals surface area contributed by atoms with Gasteiger partial charge in [-0.3, -0.25) is 4.79 Å². The summed E-state index contributed by atoms with van der Waals surface area (Å²) in [6.45, 7) is 3.05. The van der Waals surface area contributed by atoms with Gasteiger partial charge < -0.3 is 14.8 Å². The van der Waals surface area contributed by atoms with Crippen LogP contribution < -0.4 is 5.32 Å². The first-order valence-corrected chi connectivity index (χ1v) is 5.81.